The van der Waals surface area contributed by atoms with Crippen LogP contribution in [0.15, 0.2) is 36.0 Å². The van der Waals surface area contributed by atoms with Gasteiger partial charge in [0.2, 0.25) is 5.95 Å². The SMILES string of the molecule is CCOC(=O)/C(=N/Nc1ncn[nH]1)c1ccncc1. The topological polar surface area (TPSA) is 105 Å². The van der Waals surface area contributed by atoms with Crippen LogP contribution in [0.3, 0.4) is 0 Å². The second-order valence-electron chi connectivity index (χ2n) is 3.36. The number of carbonyl (C=O) groups excluding carboxylic acids is 1. The Kier molecular flexibility index (Phi) is 4.17. The van der Waals surface area contributed by atoms with Crippen LogP contribution in [0.2, 0.25) is 0 Å². The maximum Gasteiger partial charge on any atom is 0.359 e. The number of carbonyl (C=O) groups is 1. The fourth-order valence-corrected chi connectivity index (χ4v) is 1.31. The Morgan fingerprint density at radius 1 is 1.47 bits per heavy atom. The van der Waals surface area contributed by atoms with E-state index in [2.05, 4.69) is 30.7 Å². The van der Waals surface area contributed by atoms with E-state index < -0.39 is 5.97 Å². The number of aromatic nitrogens is 4. The van der Waals surface area contributed by atoms with E-state index in [1.54, 1.807) is 31.5 Å². The average Bonchev–Trinajstić information content (AvgIpc) is 2.94. The highest BCUT2D eigenvalue weighted by atomic mass is 16.5. The molecular weight excluding hydrogens is 248 g/mol. The molecule has 0 aliphatic rings. The fraction of sp³-hybridized carbons (Fsp3) is 0.182. The minimum Gasteiger partial charge on any atom is -0.461 e. The first kappa shape index (κ1) is 12.7. The van der Waals surface area contributed by atoms with Crippen LogP contribution in [0.1, 0.15) is 12.5 Å². The molecule has 98 valence electrons. The molecule has 0 aliphatic carbocycles. The first-order valence-corrected chi connectivity index (χ1v) is 5.58. The number of esters is 1. The van der Waals surface area contributed by atoms with Gasteiger partial charge in [-0.05, 0) is 19.1 Å². The summed E-state index contributed by atoms with van der Waals surface area (Å²) >= 11 is 0. The van der Waals surface area contributed by atoms with Crippen LogP contribution in [0.5, 0.6) is 0 Å². The molecule has 0 saturated heterocycles. The summed E-state index contributed by atoms with van der Waals surface area (Å²) in [7, 11) is 0. The standard InChI is InChI=1S/C11H12N6O2/c1-2-19-10(18)9(8-3-5-12-6-4-8)15-17-11-13-7-14-16-11/h3-7H,2H2,1H3,(H2,13,14,16,17)/b15-9+. The first-order chi connectivity index (χ1) is 9.31. The van der Waals surface area contributed by atoms with Crippen molar-refractivity contribution in [3.63, 3.8) is 0 Å². The Morgan fingerprint density at radius 3 is 2.89 bits per heavy atom. The molecule has 0 aliphatic heterocycles. The maximum absolute atomic E-state index is 11.8. The highest BCUT2D eigenvalue weighted by Gasteiger charge is 2.15. The number of hydrogen-bond acceptors (Lipinski definition) is 7. The Bertz CT molecular complexity index is 552. The van der Waals surface area contributed by atoms with E-state index in [1.807, 2.05) is 0 Å². The number of rotatable bonds is 5. The van der Waals surface area contributed by atoms with Crippen LogP contribution >= 0.6 is 0 Å². The van der Waals surface area contributed by atoms with Crippen LogP contribution in [-0.2, 0) is 9.53 Å². The zero-order valence-corrected chi connectivity index (χ0v) is 10.2. The number of hydrogen-bond donors (Lipinski definition) is 2. The molecule has 0 amide bonds. The highest BCUT2D eigenvalue weighted by molar-refractivity contribution is 6.43. The number of pyridine rings is 1. The largest absolute Gasteiger partial charge is 0.461 e. The summed E-state index contributed by atoms with van der Waals surface area (Å²) in [6.45, 7) is 2.00. The summed E-state index contributed by atoms with van der Waals surface area (Å²) in [5.74, 6) is -0.198. The van der Waals surface area contributed by atoms with Gasteiger partial charge in [-0.3, -0.25) is 4.98 Å². The molecule has 0 aromatic carbocycles. The van der Waals surface area contributed by atoms with Gasteiger partial charge in [0.05, 0.1) is 6.61 Å². The lowest BCUT2D eigenvalue weighted by atomic mass is 10.2. The predicted molar refractivity (Wildman–Crippen MR) is 67.4 cm³/mol. The van der Waals surface area contributed by atoms with E-state index in [1.165, 1.54) is 6.33 Å². The summed E-state index contributed by atoms with van der Waals surface area (Å²) in [6.07, 6.45) is 4.46. The van der Waals surface area contributed by atoms with Crippen molar-refractivity contribution in [2.75, 3.05) is 12.0 Å². The monoisotopic (exact) mass is 260 g/mol. The van der Waals surface area contributed by atoms with Crippen molar-refractivity contribution in [2.45, 2.75) is 6.92 Å². The third-order valence-electron chi connectivity index (χ3n) is 2.11. The number of ether oxygens (including phenoxy) is 1. The fourth-order valence-electron chi connectivity index (χ4n) is 1.31. The molecular formula is C11H12N6O2. The zero-order chi connectivity index (χ0) is 13.5. The van der Waals surface area contributed by atoms with Crippen molar-refractivity contribution in [3.8, 4) is 0 Å². The van der Waals surface area contributed by atoms with Crippen molar-refractivity contribution < 1.29 is 9.53 Å². The number of aromatic amines is 1. The maximum atomic E-state index is 11.8. The van der Waals surface area contributed by atoms with E-state index in [0.29, 0.717) is 11.5 Å². The van der Waals surface area contributed by atoms with Crippen molar-refractivity contribution in [1.29, 1.82) is 0 Å². The molecule has 0 atom stereocenters. The molecule has 0 fully saturated rings. The molecule has 0 saturated carbocycles. The van der Waals surface area contributed by atoms with Gasteiger partial charge in [-0.15, -0.1) is 0 Å². The summed E-state index contributed by atoms with van der Waals surface area (Å²) in [5.41, 5.74) is 3.34. The Hall–Kier alpha value is -2.77. The minimum absolute atomic E-state index is 0.139. The third kappa shape index (κ3) is 3.35. The molecule has 2 heterocycles. The summed E-state index contributed by atoms with van der Waals surface area (Å²) in [4.78, 5) is 19.6. The Morgan fingerprint density at radius 2 is 2.26 bits per heavy atom. The van der Waals surface area contributed by atoms with E-state index in [-0.39, 0.29) is 12.3 Å². The van der Waals surface area contributed by atoms with Crippen molar-refractivity contribution in [2.24, 2.45) is 5.10 Å². The number of nitrogens with one attached hydrogen (secondary N) is 2. The lowest BCUT2D eigenvalue weighted by molar-refractivity contribution is -0.134. The second-order valence-corrected chi connectivity index (χ2v) is 3.36. The van der Waals surface area contributed by atoms with Gasteiger partial charge in [0, 0.05) is 18.0 Å². The van der Waals surface area contributed by atoms with Gasteiger partial charge < -0.3 is 4.74 Å². The minimum atomic E-state index is -0.527. The van der Waals surface area contributed by atoms with Crippen molar-refractivity contribution in [1.82, 2.24) is 20.2 Å². The van der Waals surface area contributed by atoms with Gasteiger partial charge in [-0.1, -0.05) is 0 Å². The number of hydrazone groups is 1. The van der Waals surface area contributed by atoms with Gasteiger partial charge in [0.15, 0.2) is 5.71 Å². The van der Waals surface area contributed by atoms with Crippen molar-refractivity contribution >= 4 is 17.6 Å². The Labute approximate surface area is 108 Å². The van der Waals surface area contributed by atoms with Gasteiger partial charge in [0.1, 0.15) is 6.33 Å². The highest BCUT2D eigenvalue weighted by Crippen LogP contribution is 2.03. The van der Waals surface area contributed by atoms with Crippen LogP contribution < -0.4 is 5.43 Å². The summed E-state index contributed by atoms with van der Waals surface area (Å²) in [5, 5.41) is 10.2. The van der Waals surface area contributed by atoms with Crippen molar-refractivity contribution in [3.05, 3.63) is 36.4 Å². The second kappa shape index (κ2) is 6.24. The summed E-state index contributed by atoms with van der Waals surface area (Å²) < 4.78 is 4.95. The normalized spacial score (nSPS) is 11.1. The van der Waals surface area contributed by atoms with Gasteiger partial charge in [-0.25, -0.2) is 15.3 Å². The predicted octanol–water partition coefficient (Wildman–Crippen LogP) is 0.579. The van der Waals surface area contributed by atoms with Gasteiger partial charge in [0.25, 0.3) is 0 Å². The molecule has 2 aromatic heterocycles. The zero-order valence-electron chi connectivity index (χ0n) is 10.2. The third-order valence-corrected chi connectivity index (χ3v) is 2.11. The average molecular weight is 260 g/mol. The molecule has 0 spiro atoms. The van der Waals surface area contributed by atoms with Gasteiger partial charge in [-0.2, -0.15) is 15.2 Å². The molecule has 0 unspecified atom stereocenters. The lowest BCUT2D eigenvalue weighted by Crippen LogP contribution is -2.20. The molecule has 2 N–H and O–H groups in total. The molecule has 2 rings (SSSR count). The van der Waals surface area contributed by atoms with Crippen LogP contribution in [-0.4, -0.2) is 38.5 Å². The van der Waals surface area contributed by atoms with E-state index >= 15 is 0 Å². The Balaban J connectivity index is 2.24. The number of nitrogens with zero attached hydrogens (tertiary/aromatic N) is 4. The van der Waals surface area contributed by atoms with E-state index in [4.69, 9.17) is 4.74 Å². The quantitative estimate of drug-likeness (QED) is 0.463. The molecule has 2 aromatic rings. The van der Waals surface area contributed by atoms with Crippen LogP contribution in [0.4, 0.5) is 5.95 Å². The smallest absolute Gasteiger partial charge is 0.359 e. The molecule has 0 radical (unpaired) electrons. The first-order valence-electron chi connectivity index (χ1n) is 5.58. The van der Waals surface area contributed by atoms with Gasteiger partial charge >= 0.3 is 5.97 Å². The molecule has 8 nitrogen and oxygen atoms in total. The lowest BCUT2D eigenvalue weighted by Gasteiger charge is -2.05. The van der Waals surface area contributed by atoms with E-state index in [9.17, 15) is 4.79 Å². The van der Waals surface area contributed by atoms with E-state index in [0.717, 1.165) is 0 Å². The van der Waals surface area contributed by atoms with Crippen LogP contribution in [0, 0.1) is 0 Å². The number of H-pyrrole nitrogens is 1. The molecule has 0 bridgehead atoms. The number of anilines is 1. The summed E-state index contributed by atoms with van der Waals surface area (Å²) in [6, 6.07) is 3.33. The molecule has 8 heteroatoms. The van der Waals surface area contributed by atoms with Crippen LogP contribution in [0.25, 0.3) is 0 Å². The molecule has 19 heavy (non-hydrogen) atoms.